The first-order chi connectivity index (χ1) is 8.48. The lowest BCUT2D eigenvalue weighted by molar-refractivity contribution is -0.121. The fourth-order valence-corrected chi connectivity index (χ4v) is 2.21. The standard InChI is InChI=1S/C9H16N4O4S/c1-13(6-8(14)11-3-4-17-2)18(15,16)9-5-10-7-12-9/h5,7H,3-4,6H2,1-2H3,(H,10,12)(H,11,14). The van der Waals surface area contributed by atoms with E-state index in [1.54, 1.807) is 0 Å². The normalized spacial score (nSPS) is 11.7. The van der Waals surface area contributed by atoms with Crippen LogP contribution in [0.15, 0.2) is 17.6 Å². The van der Waals surface area contributed by atoms with Crippen molar-refractivity contribution in [3.05, 3.63) is 12.5 Å². The summed E-state index contributed by atoms with van der Waals surface area (Å²) in [6.07, 6.45) is 2.45. The van der Waals surface area contributed by atoms with Crippen LogP contribution in [0.5, 0.6) is 0 Å². The second kappa shape index (κ2) is 6.47. The van der Waals surface area contributed by atoms with Crippen LogP contribution < -0.4 is 5.32 Å². The summed E-state index contributed by atoms with van der Waals surface area (Å²) in [5, 5.41) is 2.49. The summed E-state index contributed by atoms with van der Waals surface area (Å²) in [6, 6.07) is 0. The lowest BCUT2D eigenvalue weighted by Gasteiger charge is -2.15. The highest BCUT2D eigenvalue weighted by Gasteiger charge is 2.23. The van der Waals surface area contributed by atoms with Crippen molar-refractivity contribution in [1.82, 2.24) is 19.6 Å². The third-order valence-corrected chi connectivity index (χ3v) is 3.88. The number of carbonyl (C=O) groups excluding carboxylic acids is 1. The first kappa shape index (κ1) is 14.6. The van der Waals surface area contributed by atoms with E-state index in [-0.39, 0.29) is 11.6 Å². The topological polar surface area (TPSA) is 104 Å². The van der Waals surface area contributed by atoms with Crippen LogP contribution in [-0.2, 0) is 19.6 Å². The van der Waals surface area contributed by atoms with Gasteiger partial charge in [0.2, 0.25) is 5.91 Å². The molecule has 8 nitrogen and oxygen atoms in total. The Labute approximate surface area is 105 Å². The van der Waals surface area contributed by atoms with Gasteiger partial charge in [-0.1, -0.05) is 0 Å². The van der Waals surface area contributed by atoms with Crippen molar-refractivity contribution in [2.24, 2.45) is 0 Å². The van der Waals surface area contributed by atoms with E-state index in [4.69, 9.17) is 4.74 Å². The summed E-state index contributed by atoms with van der Waals surface area (Å²) < 4.78 is 29.5. The number of nitrogens with zero attached hydrogens (tertiary/aromatic N) is 2. The molecule has 0 saturated heterocycles. The highest BCUT2D eigenvalue weighted by Crippen LogP contribution is 2.08. The third kappa shape index (κ3) is 3.79. The first-order valence-corrected chi connectivity index (χ1v) is 6.63. The fraction of sp³-hybridized carbons (Fsp3) is 0.556. The van der Waals surface area contributed by atoms with Gasteiger partial charge in [0.15, 0.2) is 5.03 Å². The van der Waals surface area contributed by atoms with Crippen molar-refractivity contribution in [2.75, 3.05) is 33.9 Å². The molecule has 2 N–H and O–H groups in total. The smallest absolute Gasteiger partial charge is 0.260 e. The quantitative estimate of drug-likeness (QED) is 0.608. The number of ether oxygens (including phenoxy) is 1. The van der Waals surface area contributed by atoms with E-state index in [1.165, 1.54) is 26.7 Å². The molecule has 1 aromatic rings. The average molecular weight is 276 g/mol. The Hall–Kier alpha value is -1.45. The molecule has 0 atom stereocenters. The van der Waals surface area contributed by atoms with Crippen LogP contribution in [0.2, 0.25) is 0 Å². The Balaban J connectivity index is 2.55. The Morgan fingerprint density at radius 3 is 2.89 bits per heavy atom. The largest absolute Gasteiger partial charge is 0.383 e. The minimum absolute atomic E-state index is 0.0466. The number of likely N-dealkylation sites (N-methyl/N-ethyl adjacent to an activating group) is 1. The Morgan fingerprint density at radius 1 is 1.61 bits per heavy atom. The monoisotopic (exact) mass is 276 g/mol. The molecule has 0 aliphatic heterocycles. The van der Waals surface area contributed by atoms with Crippen molar-refractivity contribution in [2.45, 2.75) is 5.03 Å². The molecule has 0 saturated carbocycles. The summed E-state index contributed by atoms with van der Waals surface area (Å²) in [5.41, 5.74) is 0. The van der Waals surface area contributed by atoms with Crippen molar-refractivity contribution in [3.63, 3.8) is 0 Å². The highest BCUT2D eigenvalue weighted by molar-refractivity contribution is 7.89. The number of aromatic nitrogens is 2. The molecule has 0 aliphatic carbocycles. The van der Waals surface area contributed by atoms with Gasteiger partial charge in [-0.25, -0.2) is 13.4 Å². The van der Waals surface area contributed by atoms with E-state index in [9.17, 15) is 13.2 Å². The number of amides is 1. The van der Waals surface area contributed by atoms with Gasteiger partial charge in [-0.05, 0) is 0 Å². The second-order valence-electron chi connectivity index (χ2n) is 3.52. The van der Waals surface area contributed by atoms with Gasteiger partial charge >= 0.3 is 0 Å². The number of nitrogens with one attached hydrogen (secondary N) is 2. The summed E-state index contributed by atoms with van der Waals surface area (Å²) in [4.78, 5) is 17.6. The number of H-pyrrole nitrogens is 1. The molecule has 0 unspecified atom stereocenters. The number of rotatable bonds is 7. The lowest BCUT2D eigenvalue weighted by atomic mass is 10.5. The molecular weight excluding hydrogens is 260 g/mol. The lowest BCUT2D eigenvalue weighted by Crippen LogP contribution is -2.39. The van der Waals surface area contributed by atoms with Gasteiger partial charge in [0.25, 0.3) is 10.0 Å². The van der Waals surface area contributed by atoms with Gasteiger partial charge in [0.05, 0.1) is 25.7 Å². The van der Waals surface area contributed by atoms with Gasteiger partial charge in [-0.3, -0.25) is 4.79 Å². The third-order valence-electron chi connectivity index (χ3n) is 2.16. The fourth-order valence-electron chi connectivity index (χ4n) is 1.19. The van der Waals surface area contributed by atoms with E-state index >= 15 is 0 Å². The molecule has 0 bridgehead atoms. The predicted octanol–water partition coefficient (Wildman–Crippen LogP) is -1.21. The van der Waals surface area contributed by atoms with E-state index in [0.717, 1.165) is 4.31 Å². The number of aromatic amines is 1. The number of hydrogen-bond acceptors (Lipinski definition) is 5. The van der Waals surface area contributed by atoms with Crippen LogP contribution in [0.25, 0.3) is 0 Å². The molecule has 1 rings (SSSR count). The minimum atomic E-state index is -3.70. The van der Waals surface area contributed by atoms with Gasteiger partial charge in [0.1, 0.15) is 0 Å². The minimum Gasteiger partial charge on any atom is -0.383 e. The Kier molecular flexibility index (Phi) is 5.25. The average Bonchev–Trinajstić information content (AvgIpc) is 2.83. The highest BCUT2D eigenvalue weighted by atomic mass is 32.2. The number of methoxy groups -OCH3 is 1. The molecule has 1 heterocycles. The van der Waals surface area contributed by atoms with E-state index in [2.05, 4.69) is 15.3 Å². The molecule has 1 amide bonds. The second-order valence-corrected chi connectivity index (χ2v) is 5.53. The van der Waals surface area contributed by atoms with E-state index in [1.807, 2.05) is 0 Å². The number of carbonyl (C=O) groups is 1. The first-order valence-electron chi connectivity index (χ1n) is 5.19. The van der Waals surface area contributed by atoms with E-state index < -0.39 is 15.9 Å². The molecule has 0 aliphatic rings. The maximum absolute atomic E-state index is 11.9. The zero-order valence-corrected chi connectivity index (χ0v) is 11.0. The SMILES string of the molecule is COCCNC(=O)CN(C)S(=O)(=O)c1cnc[nH]1. The van der Waals surface area contributed by atoms with Crippen LogP contribution in [0.4, 0.5) is 0 Å². The summed E-state index contributed by atoms with van der Waals surface area (Å²) in [5.74, 6) is -0.391. The molecule has 9 heteroatoms. The molecular formula is C9H16N4O4S. The maximum Gasteiger partial charge on any atom is 0.260 e. The number of sulfonamides is 1. The van der Waals surface area contributed by atoms with Gasteiger partial charge in [-0.2, -0.15) is 4.31 Å². The van der Waals surface area contributed by atoms with Crippen molar-refractivity contribution in [3.8, 4) is 0 Å². The number of hydrogen-bond donors (Lipinski definition) is 2. The van der Waals surface area contributed by atoms with Crippen LogP contribution in [0, 0.1) is 0 Å². The van der Waals surface area contributed by atoms with Gasteiger partial charge in [-0.15, -0.1) is 0 Å². The zero-order valence-electron chi connectivity index (χ0n) is 10.2. The van der Waals surface area contributed by atoms with Crippen LogP contribution >= 0.6 is 0 Å². The van der Waals surface area contributed by atoms with Crippen LogP contribution in [0.3, 0.4) is 0 Å². The summed E-state index contributed by atoms with van der Waals surface area (Å²) in [7, 11) is -0.858. The van der Waals surface area contributed by atoms with Crippen molar-refractivity contribution < 1.29 is 17.9 Å². The van der Waals surface area contributed by atoms with Crippen LogP contribution in [0.1, 0.15) is 0 Å². The summed E-state index contributed by atoms with van der Waals surface area (Å²) in [6.45, 7) is 0.459. The predicted molar refractivity (Wildman–Crippen MR) is 63.3 cm³/mol. The number of imidazole rings is 1. The molecule has 0 aromatic carbocycles. The Morgan fingerprint density at radius 2 is 2.33 bits per heavy atom. The van der Waals surface area contributed by atoms with Crippen molar-refractivity contribution >= 4 is 15.9 Å². The molecule has 1 aromatic heterocycles. The van der Waals surface area contributed by atoms with Gasteiger partial charge < -0.3 is 15.0 Å². The zero-order chi connectivity index (χ0) is 13.6. The molecule has 102 valence electrons. The summed E-state index contributed by atoms with van der Waals surface area (Å²) >= 11 is 0. The molecule has 0 spiro atoms. The molecule has 0 fully saturated rings. The van der Waals surface area contributed by atoms with Crippen LogP contribution in [-0.4, -0.2) is 62.5 Å². The van der Waals surface area contributed by atoms with Crippen molar-refractivity contribution in [1.29, 1.82) is 0 Å². The molecule has 0 radical (unpaired) electrons. The maximum atomic E-state index is 11.9. The van der Waals surface area contributed by atoms with Gasteiger partial charge in [0, 0.05) is 20.7 Å². The Bertz CT molecular complexity index is 471. The molecule has 18 heavy (non-hydrogen) atoms. The van der Waals surface area contributed by atoms with E-state index in [0.29, 0.717) is 13.2 Å².